The summed E-state index contributed by atoms with van der Waals surface area (Å²) in [6.45, 7) is 2.26. The fourth-order valence-electron chi connectivity index (χ4n) is 2.84. The molecule has 0 amide bonds. The molecule has 2 aromatic heterocycles. The Morgan fingerprint density at radius 1 is 1.28 bits per heavy atom. The number of fused-ring (bicyclic) bond motifs is 1. The second-order valence-corrected chi connectivity index (χ2v) is 7.80. The Bertz CT molecular complexity index is 1280. The van der Waals surface area contributed by atoms with Gasteiger partial charge >= 0.3 is 0 Å². The van der Waals surface area contributed by atoms with E-state index in [-0.39, 0.29) is 16.7 Å². The summed E-state index contributed by atoms with van der Waals surface area (Å²) in [7, 11) is 2.59. The summed E-state index contributed by atoms with van der Waals surface area (Å²) in [4.78, 5) is 29.3. The van der Waals surface area contributed by atoms with E-state index in [9.17, 15) is 18.4 Å². The molecule has 3 aromatic rings. The Balaban J connectivity index is 2.22. The Hall–Kier alpha value is -2.39. The van der Waals surface area contributed by atoms with Crippen molar-refractivity contribution in [2.75, 3.05) is 5.32 Å². The molecule has 10 heteroatoms. The maximum absolute atomic E-state index is 14.8. The number of halogens is 3. The third-order valence-electron chi connectivity index (χ3n) is 4.22. The number of rotatable bonds is 4. The first-order valence-electron chi connectivity index (χ1n) is 8.51. The molecular formula is C19H15F2IN4O2S. The number of hydrogen-bond acceptors (Lipinski definition) is 5. The van der Waals surface area contributed by atoms with Crippen molar-refractivity contribution in [3.8, 4) is 11.2 Å². The fraction of sp³-hybridized carbons (Fsp3) is 0.211. The second-order valence-electron chi connectivity index (χ2n) is 6.12. The maximum atomic E-state index is 14.8. The average Bonchev–Trinajstić information content (AvgIpc) is 2.71. The largest absolute Gasteiger partial charge is 0.350 e. The molecule has 0 saturated heterocycles. The molecule has 0 saturated carbocycles. The summed E-state index contributed by atoms with van der Waals surface area (Å²) in [6, 6.07) is 4.12. The summed E-state index contributed by atoms with van der Waals surface area (Å²) in [5.74, 6) is 0.885. The van der Waals surface area contributed by atoms with E-state index >= 15 is 0 Å². The third-order valence-corrected chi connectivity index (χ3v) is 5.06. The summed E-state index contributed by atoms with van der Waals surface area (Å²) in [5.41, 5.74) is -1.52. The highest BCUT2D eigenvalue weighted by atomic mass is 127. The number of nitrogens with zero attached hydrogens (tertiary/aromatic N) is 3. The number of pyridine rings is 1. The van der Waals surface area contributed by atoms with Crippen molar-refractivity contribution in [3.05, 3.63) is 62.4 Å². The van der Waals surface area contributed by atoms with E-state index in [4.69, 9.17) is 0 Å². The molecule has 2 heterocycles. The minimum atomic E-state index is -1.18. The van der Waals surface area contributed by atoms with Crippen LogP contribution in [0.3, 0.4) is 0 Å². The molecule has 1 N–H and O–H groups in total. The number of aryl methyl sites for hydroxylation is 2. The van der Waals surface area contributed by atoms with E-state index in [0.717, 1.165) is 4.57 Å². The van der Waals surface area contributed by atoms with Crippen molar-refractivity contribution in [2.24, 2.45) is 7.05 Å². The van der Waals surface area contributed by atoms with Crippen LogP contribution in [0, 0.1) is 22.8 Å². The summed E-state index contributed by atoms with van der Waals surface area (Å²) in [5, 5.41) is 5.20. The lowest BCUT2D eigenvalue weighted by Crippen LogP contribution is -2.29. The molecule has 0 aliphatic rings. The normalized spacial score (nSPS) is 10.7. The van der Waals surface area contributed by atoms with E-state index in [1.54, 1.807) is 6.07 Å². The van der Waals surface area contributed by atoms with Gasteiger partial charge in [-0.05, 0) is 38.8 Å². The number of nitrogens with one attached hydrogen (secondary N) is 1. The molecule has 0 bridgehead atoms. The maximum Gasteiger partial charge on any atom is 0.290 e. The molecule has 1 aromatic carbocycles. The lowest BCUT2D eigenvalue weighted by molar-refractivity contribution is 0.595. The van der Waals surface area contributed by atoms with Gasteiger partial charge in [-0.15, -0.1) is 0 Å². The highest BCUT2D eigenvalue weighted by molar-refractivity contribution is 14.2. The van der Waals surface area contributed by atoms with E-state index in [1.165, 1.54) is 39.0 Å². The average molecular weight is 528 g/mol. The number of hydrogen-bond donors (Lipinski definition) is 1. The van der Waals surface area contributed by atoms with Crippen LogP contribution < -0.4 is 16.4 Å². The smallest absolute Gasteiger partial charge is 0.290 e. The van der Waals surface area contributed by atoms with Crippen molar-refractivity contribution in [2.45, 2.75) is 19.9 Å². The standard InChI is InChI=1S/C19H15F2IN4O2S/c1-3-7-26-10-23-17-14(18(26)27)16(15(21)19(28)25(17)2)24-13-5-4-11(6-8-29-22)9-12(13)20/h4-5,9-10,24H,3,7H2,1-2H3. The van der Waals surface area contributed by atoms with Gasteiger partial charge in [0.15, 0.2) is 5.65 Å². The van der Waals surface area contributed by atoms with Gasteiger partial charge in [-0.3, -0.25) is 18.7 Å². The summed E-state index contributed by atoms with van der Waals surface area (Å²) < 4.78 is 31.7. The monoisotopic (exact) mass is 528 g/mol. The molecule has 29 heavy (non-hydrogen) atoms. The van der Waals surface area contributed by atoms with Gasteiger partial charge in [-0.2, -0.15) is 4.39 Å². The SMILES string of the molecule is CCCn1cnc2c(c(Nc3ccc(C#CSI)cc3F)c(F)c(=O)n2C)c1=O. The zero-order chi connectivity index (χ0) is 21.1. The molecule has 0 unspecified atom stereocenters. The van der Waals surface area contributed by atoms with Gasteiger partial charge in [0, 0.05) is 40.4 Å². The van der Waals surface area contributed by atoms with Crippen molar-refractivity contribution in [1.82, 2.24) is 14.1 Å². The Labute approximate surface area is 180 Å². The van der Waals surface area contributed by atoms with Gasteiger partial charge in [-0.25, -0.2) is 9.37 Å². The quantitative estimate of drug-likeness (QED) is 0.411. The van der Waals surface area contributed by atoms with Crippen LogP contribution in [0.4, 0.5) is 20.2 Å². The molecule has 0 aliphatic heterocycles. The van der Waals surface area contributed by atoms with Crippen LogP contribution in [0.15, 0.2) is 34.1 Å². The highest BCUT2D eigenvalue weighted by Crippen LogP contribution is 2.26. The van der Waals surface area contributed by atoms with Crippen LogP contribution in [-0.2, 0) is 13.6 Å². The molecule has 150 valence electrons. The molecule has 3 rings (SSSR count). The summed E-state index contributed by atoms with van der Waals surface area (Å²) >= 11 is 2.00. The molecule has 0 radical (unpaired) electrons. The fourth-order valence-corrected chi connectivity index (χ4v) is 3.33. The number of aromatic nitrogens is 3. The number of anilines is 2. The Morgan fingerprint density at radius 3 is 2.69 bits per heavy atom. The summed E-state index contributed by atoms with van der Waals surface area (Å²) in [6.07, 6.45) is 1.98. The lowest BCUT2D eigenvalue weighted by atomic mass is 10.2. The molecule has 0 spiro atoms. The van der Waals surface area contributed by atoms with E-state index < -0.39 is 28.4 Å². The zero-order valence-corrected chi connectivity index (χ0v) is 18.4. The molecule has 0 aliphatic carbocycles. The first-order chi connectivity index (χ1) is 13.9. The zero-order valence-electron chi connectivity index (χ0n) is 15.4. The van der Waals surface area contributed by atoms with Crippen LogP contribution in [0.2, 0.25) is 0 Å². The second kappa shape index (κ2) is 8.96. The predicted octanol–water partition coefficient (Wildman–Crippen LogP) is 3.92. The molecule has 0 fully saturated rings. The van der Waals surface area contributed by atoms with Crippen molar-refractivity contribution >= 4 is 52.5 Å². The van der Waals surface area contributed by atoms with Gasteiger partial charge in [-0.1, -0.05) is 12.8 Å². The topological polar surface area (TPSA) is 68.9 Å². The van der Waals surface area contributed by atoms with Gasteiger partial charge in [0.25, 0.3) is 11.1 Å². The van der Waals surface area contributed by atoms with Gasteiger partial charge < -0.3 is 5.32 Å². The van der Waals surface area contributed by atoms with Crippen LogP contribution in [0.1, 0.15) is 18.9 Å². The minimum Gasteiger partial charge on any atom is -0.350 e. The highest BCUT2D eigenvalue weighted by Gasteiger charge is 2.21. The van der Waals surface area contributed by atoms with Crippen LogP contribution in [0.25, 0.3) is 11.0 Å². The van der Waals surface area contributed by atoms with Crippen LogP contribution in [-0.4, -0.2) is 14.1 Å². The Kier molecular flexibility index (Phi) is 6.59. The lowest BCUT2D eigenvalue weighted by Gasteiger charge is -2.14. The predicted molar refractivity (Wildman–Crippen MR) is 120 cm³/mol. The molecule has 0 atom stereocenters. The van der Waals surface area contributed by atoms with E-state index in [1.807, 2.05) is 28.1 Å². The van der Waals surface area contributed by atoms with Gasteiger partial charge in [0.2, 0.25) is 5.82 Å². The van der Waals surface area contributed by atoms with Gasteiger partial charge in [0.05, 0.1) is 17.7 Å². The van der Waals surface area contributed by atoms with E-state index in [2.05, 4.69) is 21.5 Å². The van der Waals surface area contributed by atoms with E-state index in [0.29, 0.717) is 18.5 Å². The van der Waals surface area contributed by atoms with Gasteiger partial charge in [0.1, 0.15) is 11.2 Å². The first kappa shape index (κ1) is 21.3. The van der Waals surface area contributed by atoms with Crippen molar-refractivity contribution in [3.63, 3.8) is 0 Å². The van der Waals surface area contributed by atoms with Crippen LogP contribution >= 0.6 is 30.1 Å². The molecule has 6 nitrogen and oxygen atoms in total. The molecular weight excluding hydrogens is 513 g/mol. The number of benzene rings is 1. The third kappa shape index (κ3) is 4.16. The van der Waals surface area contributed by atoms with Crippen molar-refractivity contribution in [1.29, 1.82) is 0 Å². The Morgan fingerprint density at radius 2 is 2.03 bits per heavy atom. The van der Waals surface area contributed by atoms with Crippen molar-refractivity contribution < 1.29 is 8.78 Å². The first-order valence-corrected chi connectivity index (χ1v) is 11.9. The van der Waals surface area contributed by atoms with Crippen LogP contribution in [0.5, 0.6) is 0 Å². The minimum absolute atomic E-state index is 0.0122.